The monoisotopic (exact) mass is 548 g/mol. The molecule has 3 heterocycles. The van der Waals surface area contributed by atoms with E-state index in [9.17, 15) is 17.6 Å². The standard InChI is InChI=1S/C26H25FN8O3S/c1-15-9-10-34-22(15)26(36)35(20-7-5-4-6-8-20)25(32-34)16(2)31-24-21(23(28)29-14-30-24)17-11-18(27)13-19(12-17)33-39(3,37)38/h4-14,16,33H,1-3H3,(H3,28,29,30,31)/t16-/m0/s1. The van der Waals surface area contributed by atoms with Crippen LogP contribution in [0.15, 0.2) is 71.9 Å². The van der Waals surface area contributed by atoms with E-state index in [1.807, 2.05) is 43.3 Å². The zero-order chi connectivity index (χ0) is 27.9. The number of aryl methyl sites for hydroxylation is 1. The normalized spacial score (nSPS) is 12.4. The van der Waals surface area contributed by atoms with Gasteiger partial charge in [-0.05, 0) is 61.4 Å². The first-order valence-corrected chi connectivity index (χ1v) is 13.7. The summed E-state index contributed by atoms with van der Waals surface area (Å²) in [5.74, 6) is -0.0194. The van der Waals surface area contributed by atoms with E-state index >= 15 is 0 Å². The highest BCUT2D eigenvalue weighted by molar-refractivity contribution is 7.92. The molecule has 39 heavy (non-hydrogen) atoms. The van der Waals surface area contributed by atoms with E-state index in [0.29, 0.717) is 17.0 Å². The van der Waals surface area contributed by atoms with Crippen LogP contribution in [-0.4, -0.2) is 38.8 Å². The number of fused-ring (bicyclic) bond motifs is 1. The Labute approximate surface area is 223 Å². The van der Waals surface area contributed by atoms with Crippen molar-refractivity contribution in [2.45, 2.75) is 19.9 Å². The van der Waals surface area contributed by atoms with Gasteiger partial charge in [0.1, 0.15) is 29.3 Å². The van der Waals surface area contributed by atoms with Gasteiger partial charge < -0.3 is 11.1 Å². The Hall–Kier alpha value is -4.78. The lowest BCUT2D eigenvalue weighted by Gasteiger charge is -2.21. The summed E-state index contributed by atoms with van der Waals surface area (Å²) in [6, 6.07) is 14.0. The summed E-state index contributed by atoms with van der Waals surface area (Å²) in [6.45, 7) is 3.64. The van der Waals surface area contributed by atoms with E-state index < -0.39 is 21.9 Å². The van der Waals surface area contributed by atoms with Crippen LogP contribution in [0.5, 0.6) is 0 Å². The summed E-state index contributed by atoms with van der Waals surface area (Å²) < 4.78 is 43.3. The molecule has 0 saturated carbocycles. The fraction of sp³-hybridized carbons (Fsp3) is 0.154. The van der Waals surface area contributed by atoms with Gasteiger partial charge in [0.25, 0.3) is 5.56 Å². The van der Waals surface area contributed by atoms with Crippen LogP contribution in [0, 0.1) is 12.7 Å². The number of para-hydroxylation sites is 1. The maximum Gasteiger partial charge on any atom is 0.282 e. The van der Waals surface area contributed by atoms with Gasteiger partial charge in [0.2, 0.25) is 10.0 Å². The Morgan fingerprint density at radius 2 is 1.82 bits per heavy atom. The van der Waals surface area contributed by atoms with Gasteiger partial charge in [-0.1, -0.05) is 18.2 Å². The second-order valence-electron chi connectivity index (χ2n) is 9.08. The first-order chi connectivity index (χ1) is 18.5. The number of aromatic nitrogens is 5. The molecular formula is C26H25FN8O3S. The zero-order valence-corrected chi connectivity index (χ0v) is 22.1. The van der Waals surface area contributed by atoms with E-state index in [1.165, 1.54) is 27.5 Å². The van der Waals surface area contributed by atoms with Crippen molar-refractivity contribution in [3.8, 4) is 16.8 Å². The van der Waals surface area contributed by atoms with Crippen molar-refractivity contribution in [1.82, 2.24) is 24.1 Å². The van der Waals surface area contributed by atoms with Crippen molar-refractivity contribution in [2.24, 2.45) is 0 Å². The lowest BCUT2D eigenvalue weighted by Crippen LogP contribution is -2.29. The largest absolute Gasteiger partial charge is 0.383 e. The Balaban J connectivity index is 1.63. The van der Waals surface area contributed by atoms with Crippen LogP contribution in [0.3, 0.4) is 0 Å². The number of hydrogen-bond donors (Lipinski definition) is 3. The molecule has 13 heteroatoms. The molecule has 0 fully saturated rings. The number of hydrogen-bond acceptors (Lipinski definition) is 8. The minimum Gasteiger partial charge on any atom is -0.383 e. The summed E-state index contributed by atoms with van der Waals surface area (Å²) in [5, 5.41) is 7.96. The number of anilines is 3. The summed E-state index contributed by atoms with van der Waals surface area (Å²) in [5.41, 5.74) is 8.34. The van der Waals surface area contributed by atoms with Crippen LogP contribution < -0.4 is 21.3 Å². The molecular weight excluding hydrogens is 523 g/mol. The number of nitrogen functional groups attached to an aromatic ring is 1. The molecule has 3 aromatic heterocycles. The van der Waals surface area contributed by atoms with Crippen LogP contribution in [0.4, 0.5) is 21.7 Å². The highest BCUT2D eigenvalue weighted by atomic mass is 32.2. The van der Waals surface area contributed by atoms with Crippen molar-refractivity contribution < 1.29 is 12.8 Å². The average molecular weight is 549 g/mol. The molecule has 0 aliphatic carbocycles. The molecule has 11 nitrogen and oxygen atoms in total. The van der Waals surface area contributed by atoms with Crippen LogP contribution in [0.2, 0.25) is 0 Å². The quantitative estimate of drug-likeness (QED) is 0.280. The van der Waals surface area contributed by atoms with Crippen LogP contribution >= 0.6 is 0 Å². The summed E-state index contributed by atoms with van der Waals surface area (Å²) in [7, 11) is -3.66. The molecule has 0 unspecified atom stereocenters. The van der Waals surface area contributed by atoms with Crippen molar-refractivity contribution >= 4 is 32.9 Å². The van der Waals surface area contributed by atoms with Gasteiger partial charge in [-0.15, -0.1) is 0 Å². The van der Waals surface area contributed by atoms with Crippen molar-refractivity contribution in [3.63, 3.8) is 0 Å². The molecule has 2 aromatic carbocycles. The van der Waals surface area contributed by atoms with Gasteiger partial charge >= 0.3 is 0 Å². The molecule has 5 aromatic rings. The van der Waals surface area contributed by atoms with Gasteiger partial charge in [0.05, 0.1) is 29.2 Å². The highest BCUT2D eigenvalue weighted by Gasteiger charge is 2.22. The second-order valence-corrected chi connectivity index (χ2v) is 10.8. The first-order valence-electron chi connectivity index (χ1n) is 11.8. The summed E-state index contributed by atoms with van der Waals surface area (Å²) in [6.07, 6.45) is 3.93. The molecule has 0 aliphatic rings. The third kappa shape index (κ3) is 5.16. The number of halogens is 1. The van der Waals surface area contributed by atoms with Crippen LogP contribution in [0.25, 0.3) is 22.3 Å². The second kappa shape index (κ2) is 9.83. The van der Waals surface area contributed by atoms with Gasteiger partial charge in [-0.2, -0.15) is 5.10 Å². The van der Waals surface area contributed by atoms with E-state index in [0.717, 1.165) is 17.9 Å². The van der Waals surface area contributed by atoms with Gasteiger partial charge in [-0.3, -0.25) is 14.1 Å². The lowest BCUT2D eigenvalue weighted by molar-refractivity contribution is 0.606. The minimum absolute atomic E-state index is 0.0164. The van der Waals surface area contributed by atoms with Gasteiger partial charge in [0, 0.05) is 6.20 Å². The lowest BCUT2D eigenvalue weighted by atomic mass is 10.1. The predicted molar refractivity (Wildman–Crippen MR) is 148 cm³/mol. The highest BCUT2D eigenvalue weighted by Crippen LogP contribution is 2.34. The van der Waals surface area contributed by atoms with E-state index in [-0.39, 0.29) is 34.0 Å². The number of sulfonamides is 1. The molecule has 0 aliphatic heterocycles. The Bertz CT molecular complexity index is 1870. The third-order valence-electron chi connectivity index (χ3n) is 6.03. The minimum atomic E-state index is -3.66. The molecule has 200 valence electrons. The SMILES string of the molecule is Cc1ccn2nc([C@H](C)Nc3ncnc(N)c3-c3cc(F)cc(NS(C)(=O)=O)c3)n(-c3ccccc3)c(=O)c12. The van der Waals surface area contributed by atoms with E-state index in [1.54, 1.807) is 13.1 Å². The molecule has 0 radical (unpaired) electrons. The number of nitrogens with two attached hydrogens (primary N) is 1. The van der Waals surface area contributed by atoms with Crippen molar-refractivity contribution in [2.75, 3.05) is 22.0 Å². The molecule has 5 rings (SSSR count). The van der Waals surface area contributed by atoms with Crippen LogP contribution in [0.1, 0.15) is 24.4 Å². The average Bonchev–Trinajstić information content (AvgIpc) is 3.24. The number of nitrogens with zero attached hydrogens (tertiary/aromatic N) is 5. The van der Waals surface area contributed by atoms with E-state index in [2.05, 4.69) is 20.0 Å². The smallest absolute Gasteiger partial charge is 0.282 e. The summed E-state index contributed by atoms with van der Waals surface area (Å²) >= 11 is 0. The molecule has 0 bridgehead atoms. The Morgan fingerprint density at radius 3 is 2.54 bits per heavy atom. The Kier molecular flexibility index (Phi) is 6.52. The fourth-order valence-corrected chi connectivity index (χ4v) is 4.95. The molecule has 0 spiro atoms. The number of benzene rings is 2. The Morgan fingerprint density at radius 1 is 1.08 bits per heavy atom. The first kappa shape index (κ1) is 25.9. The van der Waals surface area contributed by atoms with Crippen molar-refractivity contribution in [1.29, 1.82) is 0 Å². The zero-order valence-electron chi connectivity index (χ0n) is 21.3. The number of nitrogens with one attached hydrogen (secondary N) is 2. The predicted octanol–water partition coefficient (Wildman–Crippen LogP) is 3.52. The van der Waals surface area contributed by atoms with E-state index in [4.69, 9.17) is 10.8 Å². The number of rotatable bonds is 7. The summed E-state index contributed by atoms with van der Waals surface area (Å²) in [4.78, 5) is 22.0. The molecule has 0 amide bonds. The maximum atomic E-state index is 14.5. The fourth-order valence-electron chi connectivity index (χ4n) is 4.41. The maximum absolute atomic E-state index is 14.5. The molecule has 1 atom stereocenters. The van der Waals surface area contributed by atoms with Crippen LogP contribution in [-0.2, 0) is 10.0 Å². The third-order valence-corrected chi connectivity index (χ3v) is 6.64. The molecule has 0 saturated heterocycles. The topological polar surface area (TPSA) is 149 Å². The van der Waals surface area contributed by atoms with Gasteiger partial charge in [0.15, 0.2) is 5.82 Å². The van der Waals surface area contributed by atoms with Crippen molar-refractivity contribution in [3.05, 3.63) is 94.7 Å². The molecule has 4 N–H and O–H groups in total. The van der Waals surface area contributed by atoms with Gasteiger partial charge in [-0.25, -0.2) is 27.3 Å².